The van der Waals surface area contributed by atoms with Gasteiger partial charge < -0.3 is 4.90 Å². The van der Waals surface area contributed by atoms with Crippen molar-refractivity contribution in [2.24, 2.45) is 11.8 Å². The lowest BCUT2D eigenvalue weighted by Gasteiger charge is -2.22. The van der Waals surface area contributed by atoms with Crippen LogP contribution >= 0.6 is 0 Å². The van der Waals surface area contributed by atoms with Crippen LogP contribution in [0.5, 0.6) is 0 Å². The molecule has 0 saturated heterocycles. The molecule has 0 N–H and O–H groups in total. The lowest BCUT2D eigenvalue weighted by atomic mass is 9.96. The van der Waals surface area contributed by atoms with Crippen molar-refractivity contribution in [2.45, 2.75) is 34.2 Å². The lowest BCUT2D eigenvalue weighted by Crippen LogP contribution is -2.34. The molecule has 0 heterocycles. The van der Waals surface area contributed by atoms with Gasteiger partial charge in [-0.25, -0.2) is 0 Å². The highest BCUT2D eigenvalue weighted by Crippen LogP contribution is 2.16. The minimum Gasteiger partial charge on any atom is -0.340 e. The highest BCUT2D eigenvalue weighted by atomic mass is 16.2. The molecule has 3 heteroatoms. The van der Waals surface area contributed by atoms with Crippen LogP contribution in [0.15, 0.2) is 18.2 Å². The van der Waals surface area contributed by atoms with Crippen molar-refractivity contribution in [1.82, 2.24) is 4.90 Å². The summed E-state index contributed by atoms with van der Waals surface area (Å²) in [5, 5.41) is 9.06. The van der Waals surface area contributed by atoms with Gasteiger partial charge in [-0.05, 0) is 36.5 Å². The van der Waals surface area contributed by atoms with Crippen LogP contribution in [0.4, 0.5) is 0 Å². The Bertz CT molecular complexity index is 500. The molecule has 0 radical (unpaired) electrons. The monoisotopic (exact) mass is 258 g/mol. The van der Waals surface area contributed by atoms with Crippen LogP contribution in [0.3, 0.4) is 0 Å². The molecular formula is C16H22N2O. The van der Waals surface area contributed by atoms with Gasteiger partial charge in [0.15, 0.2) is 0 Å². The number of carbonyl (C=O) groups excluding carboxylic acids is 1. The molecule has 0 bridgehead atoms. The molecule has 102 valence electrons. The first-order chi connectivity index (χ1) is 8.86. The van der Waals surface area contributed by atoms with E-state index in [-0.39, 0.29) is 11.8 Å². The molecule has 1 amide bonds. The van der Waals surface area contributed by atoms with Crippen LogP contribution in [-0.4, -0.2) is 17.9 Å². The summed E-state index contributed by atoms with van der Waals surface area (Å²) in [6.07, 6.45) is 0. The Kier molecular flexibility index (Phi) is 5.11. The predicted octanol–water partition coefficient (Wildman–Crippen LogP) is 3.06. The summed E-state index contributed by atoms with van der Waals surface area (Å²) >= 11 is 0. The highest BCUT2D eigenvalue weighted by molar-refractivity contribution is 5.81. The van der Waals surface area contributed by atoms with E-state index in [1.165, 1.54) is 11.1 Å². The van der Waals surface area contributed by atoms with E-state index >= 15 is 0 Å². The van der Waals surface area contributed by atoms with Crippen LogP contribution < -0.4 is 0 Å². The molecule has 1 unspecified atom stereocenters. The van der Waals surface area contributed by atoms with Gasteiger partial charge in [0, 0.05) is 13.6 Å². The number of hydrogen-bond donors (Lipinski definition) is 0. The number of carbonyl (C=O) groups is 1. The number of aryl methyl sites for hydroxylation is 2. The summed E-state index contributed by atoms with van der Waals surface area (Å²) in [7, 11) is 1.75. The maximum atomic E-state index is 12.2. The zero-order chi connectivity index (χ0) is 14.6. The van der Waals surface area contributed by atoms with Crippen molar-refractivity contribution < 1.29 is 4.79 Å². The van der Waals surface area contributed by atoms with Crippen LogP contribution in [0.1, 0.15) is 30.5 Å². The highest BCUT2D eigenvalue weighted by Gasteiger charge is 2.24. The Morgan fingerprint density at radius 3 is 2.42 bits per heavy atom. The van der Waals surface area contributed by atoms with Crippen LogP contribution in [0, 0.1) is 37.0 Å². The molecule has 19 heavy (non-hydrogen) atoms. The molecule has 0 aliphatic heterocycles. The zero-order valence-corrected chi connectivity index (χ0v) is 12.4. The second-order valence-electron chi connectivity index (χ2n) is 5.46. The Labute approximate surface area is 115 Å². The summed E-state index contributed by atoms with van der Waals surface area (Å²) in [5.74, 6) is -0.619. The quantitative estimate of drug-likeness (QED) is 0.833. The van der Waals surface area contributed by atoms with E-state index in [0.717, 1.165) is 5.56 Å². The van der Waals surface area contributed by atoms with Crippen molar-refractivity contribution in [3.05, 3.63) is 34.9 Å². The molecule has 0 aliphatic carbocycles. The van der Waals surface area contributed by atoms with E-state index < -0.39 is 5.92 Å². The number of benzene rings is 1. The average molecular weight is 258 g/mol. The van der Waals surface area contributed by atoms with E-state index in [1.807, 2.05) is 19.9 Å². The molecule has 0 aromatic heterocycles. The summed E-state index contributed by atoms with van der Waals surface area (Å²) in [4.78, 5) is 13.8. The van der Waals surface area contributed by atoms with Crippen molar-refractivity contribution in [3.8, 4) is 6.07 Å². The summed E-state index contributed by atoms with van der Waals surface area (Å²) in [5.41, 5.74) is 3.56. The van der Waals surface area contributed by atoms with Gasteiger partial charge in [-0.1, -0.05) is 32.0 Å². The first-order valence-electron chi connectivity index (χ1n) is 6.57. The number of rotatable bonds is 4. The largest absolute Gasteiger partial charge is 0.340 e. The predicted molar refractivity (Wildman–Crippen MR) is 76.3 cm³/mol. The molecule has 1 rings (SSSR count). The molecule has 3 nitrogen and oxygen atoms in total. The second-order valence-corrected chi connectivity index (χ2v) is 5.46. The van der Waals surface area contributed by atoms with Crippen molar-refractivity contribution in [3.63, 3.8) is 0 Å². The fourth-order valence-electron chi connectivity index (χ4n) is 1.98. The summed E-state index contributed by atoms with van der Waals surface area (Å²) in [6.45, 7) is 8.47. The Balaban J connectivity index is 2.79. The third-order valence-electron chi connectivity index (χ3n) is 3.44. The van der Waals surface area contributed by atoms with Gasteiger partial charge in [0.05, 0.1) is 6.07 Å². The van der Waals surface area contributed by atoms with Gasteiger partial charge in [-0.3, -0.25) is 4.79 Å². The molecule has 1 atom stereocenters. The van der Waals surface area contributed by atoms with E-state index in [4.69, 9.17) is 5.26 Å². The van der Waals surface area contributed by atoms with Crippen LogP contribution in [-0.2, 0) is 11.3 Å². The molecule has 1 aromatic carbocycles. The van der Waals surface area contributed by atoms with Crippen molar-refractivity contribution in [1.29, 1.82) is 5.26 Å². The SMILES string of the molecule is Cc1ccc(CN(C)C(=O)C(C#N)C(C)C)cc1C. The molecular weight excluding hydrogens is 236 g/mol. The third-order valence-corrected chi connectivity index (χ3v) is 3.44. The molecule has 0 aliphatic rings. The smallest absolute Gasteiger partial charge is 0.240 e. The fourth-order valence-corrected chi connectivity index (χ4v) is 1.98. The second kappa shape index (κ2) is 6.38. The first-order valence-corrected chi connectivity index (χ1v) is 6.57. The minimum atomic E-state index is -0.559. The Morgan fingerprint density at radius 2 is 1.95 bits per heavy atom. The standard InChI is InChI=1S/C16H22N2O/c1-11(2)15(9-17)16(19)18(5)10-14-7-6-12(3)13(4)8-14/h6-8,11,15H,10H2,1-5H3. The van der Waals surface area contributed by atoms with E-state index in [9.17, 15) is 4.79 Å². The summed E-state index contributed by atoms with van der Waals surface area (Å²) in [6, 6.07) is 8.28. The number of hydrogen-bond acceptors (Lipinski definition) is 2. The zero-order valence-electron chi connectivity index (χ0n) is 12.4. The van der Waals surface area contributed by atoms with Crippen LogP contribution in [0.2, 0.25) is 0 Å². The summed E-state index contributed by atoms with van der Waals surface area (Å²) < 4.78 is 0. The lowest BCUT2D eigenvalue weighted by molar-refractivity contribution is -0.134. The van der Waals surface area contributed by atoms with Gasteiger partial charge in [-0.2, -0.15) is 5.26 Å². The number of nitriles is 1. The van der Waals surface area contributed by atoms with E-state index in [0.29, 0.717) is 6.54 Å². The maximum absolute atomic E-state index is 12.2. The third kappa shape index (κ3) is 3.82. The van der Waals surface area contributed by atoms with Gasteiger partial charge >= 0.3 is 0 Å². The van der Waals surface area contributed by atoms with Crippen molar-refractivity contribution in [2.75, 3.05) is 7.05 Å². The van der Waals surface area contributed by atoms with E-state index in [2.05, 4.69) is 32.0 Å². The number of nitrogens with zero attached hydrogens (tertiary/aromatic N) is 2. The van der Waals surface area contributed by atoms with Gasteiger partial charge in [0.25, 0.3) is 0 Å². The normalized spacial score (nSPS) is 12.1. The van der Waals surface area contributed by atoms with Crippen molar-refractivity contribution >= 4 is 5.91 Å². The maximum Gasteiger partial charge on any atom is 0.240 e. The fraction of sp³-hybridized carbons (Fsp3) is 0.500. The van der Waals surface area contributed by atoms with Gasteiger partial charge in [0.1, 0.15) is 5.92 Å². The van der Waals surface area contributed by atoms with E-state index in [1.54, 1.807) is 11.9 Å². The first kappa shape index (κ1) is 15.2. The Hall–Kier alpha value is -1.82. The Morgan fingerprint density at radius 1 is 1.32 bits per heavy atom. The molecule has 1 aromatic rings. The minimum absolute atomic E-state index is 0.0414. The molecule has 0 fully saturated rings. The molecule has 0 spiro atoms. The van der Waals surface area contributed by atoms with Crippen LogP contribution in [0.25, 0.3) is 0 Å². The molecule has 0 saturated carbocycles. The topological polar surface area (TPSA) is 44.1 Å². The van der Waals surface area contributed by atoms with Gasteiger partial charge in [-0.15, -0.1) is 0 Å². The van der Waals surface area contributed by atoms with Gasteiger partial charge in [0.2, 0.25) is 5.91 Å². The average Bonchev–Trinajstić information content (AvgIpc) is 2.34. The number of amides is 1.